The van der Waals surface area contributed by atoms with Crippen LogP contribution in [-0.4, -0.2) is 29.8 Å². The van der Waals surface area contributed by atoms with Crippen molar-refractivity contribution in [3.63, 3.8) is 0 Å². The molecule has 0 aromatic carbocycles. The molecule has 3 rings (SSSR count). The van der Waals surface area contributed by atoms with Crippen LogP contribution in [0.1, 0.15) is 43.5 Å². The predicted octanol–water partition coefficient (Wildman–Crippen LogP) is 1.46. The van der Waals surface area contributed by atoms with Gasteiger partial charge in [0.05, 0.1) is 0 Å². The van der Waals surface area contributed by atoms with Gasteiger partial charge in [-0.2, -0.15) is 4.98 Å². The van der Waals surface area contributed by atoms with Gasteiger partial charge in [0.1, 0.15) is 6.10 Å². The minimum absolute atomic E-state index is 0.0456. The zero-order valence-corrected chi connectivity index (χ0v) is 10.0. The molecule has 0 saturated carbocycles. The van der Waals surface area contributed by atoms with Gasteiger partial charge in [-0.05, 0) is 44.7 Å². The minimum atomic E-state index is 0.0456. The summed E-state index contributed by atoms with van der Waals surface area (Å²) in [6, 6.07) is 0. The Balaban J connectivity index is 1.59. The Morgan fingerprint density at radius 3 is 2.88 bits per heavy atom. The van der Waals surface area contributed by atoms with Gasteiger partial charge in [-0.25, -0.2) is 0 Å². The van der Waals surface area contributed by atoms with Gasteiger partial charge < -0.3 is 14.6 Å². The fourth-order valence-corrected chi connectivity index (χ4v) is 2.60. The van der Waals surface area contributed by atoms with Gasteiger partial charge >= 0.3 is 0 Å². The first-order chi connectivity index (χ1) is 8.42. The molecule has 3 heterocycles. The van der Waals surface area contributed by atoms with Gasteiger partial charge in [0.2, 0.25) is 0 Å². The Morgan fingerprint density at radius 2 is 2.12 bits per heavy atom. The highest BCUT2D eigenvalue weighted by molar-refractivity contribution is 4.93. The van der Waals surface area contributed by atoms with Crippen LogP contribution in [-0.2, 0) is 11.2 Å². The van der Waals surface area contributed by atoms with Crippen molar-refractivity contribution in [3.05, 3.63) is 11.7 Å². The maximum Gasteiger partial charge on any atom is 0.255 e. The Labute approximate surface area is 101 Å². The average molecular weight is 237 g/mol. The van der Waals surface area contributed by atoms with Crippen LogP contribution in [0.15, 0.2) is 4.52 Å². The number of hydrogen-bond donors (Lipinski definition) is 1. The van der Waals surface area contributed by atoms with Crippen molar-refractivity contribution in [3.8, 4) is 0 Å². The van der Waals surface area contributed by atoms with Gasteiger partial charge in [-0.15, -0.1) is 0 Å². The van der Waals surface area contributed by atoms with E-state index in [1.165, 1.54) is 12.8 Å². The van der Waals surface area contributed by atoms with E-state index in [2.05, 4.69) is 15.5 Å². The normalized spacial score (nSPS) is 26.5. The Morgan fingerprint density at radius 1 is 1.24 bits per heavy atom. The number of aromatic nitrogens is 2. The van der Waals surface area contributed by atoms with E-state index in [1.54, 1.807) is 0 Å². The quantitative estimate of drug-likeness (QED) is 0.862. The highest BCUT2D eigenvalue weighted by Gasteiger charge is 2.24. The molecular formula is C12H19N3O2. The van der Waals surface area contributed by atoms with Crippen molar-refractivity contribution in [1.29, 1.82) is 0 Å². The van der Waals surface area contributed by atoms with Crippen LogP contribution in [0.25, 0.3) is 0 Å². The fourth-order valence-electron chi connectivity index (χ4n) is 2.60. The van der Waals surface area contributed by atoms with Crippen molar-refractivity contribution in [2.45, 2.75) is 38.2 Å². The third-order valence-corrected chi connectivity index (χ3v) is 3.62. The molecule has 2 aliphatic heterocycles. The molecule has 2 saturated heterocycles. The van der Waals surface area contributed by atoms with Gasteiger partial charge in [-0.3, -0.25) is 0 Å². The van der Waals surface area contributed by atoms with E-state index in [4.69, 9.17) is 9.26 Å². The molecule has 0 unspecified atom stereocenters. The molecule has 1 aromatic rings. The first-order valence-corrected chi connectivity index (χ1v) is 6.56. The highest BCUT2D eigenvalue weighted by Crippen LogP contribution is 2.27. The molecule has 0 aliphatic carbocycles. The Hall–Kier alpha value is -0.940. The molecule has 94 valence electrons. The summed E-state index contributed by atoms with van der Waals surface area (Å²) in [6.07, 6.45) is 5.52. The van der Waals surface area contributed by atoms with Crippen molar-refractivity contribution >= 4 is 0 Å². The Bertz CT molecular complexity index is 354. The second-order valence-electron chi connectivity index (χ2n) is 4.95. The number of piperidine rings is 1. The molecule has 0 bridgehead atoms. The molecular weight excluding hydrogens is 218 g/mol. The summed E-state index contributed by atoms with van der Waals surface area (Å²) >= 11 is 0. The number of rotatable bonds is 3. The first kappa shape index (κ1) is 11.2. The van der Waals surface area contributed by atoms with Crippen LogP contribution in [0.4, 0.5) is 0 Å². The van der Waals surface area contributed by atoms with E-state index in [0.717, 1.165) is 44.8 Å². The molecule has 1 aromatic heterocycles. The lowest BCUT2D eigenvalue weighted by molar-refractivity contribution is 0.0835. The molecule has 0 spiro atoms. The number of nitrogens with zero attached hydrogens (tertiary/aromatic N) is 2. The van der Waals surface area contributed by atoms with Gasteiger partial charge in [0.15, 0.2) is 5.82 Å². The van der Waals surface area contributed by atoms with Crippen LogP contribution in [0.5, 0.6) is 0 Å². The van der Waals surface area contributed by atoms with Crippen LogP contribution < -0.4 is 5.32 Å². The third-order valence-electron chi connectivity index (χ3n) is 3.62. The molecule has 17 heavy (non-hydrogen) atoms. The summed E-state index contributed by atoms with van der Waals surface area (Å²) < 4.78 is 10.8. The zero-order valence-electron chi connectivity index (χ0n) is 10.0. The average Bonchev–Trinajstić information content (AvgIpc) is 3.00. The summed E-state index contributed by atoms with van der Waals surface area (Å²) in [5.41, 5.74) is 0. The molecule has 5 heteroatoms. The summed E-state index contributed by atoms with van der Waals surface area (Å²) in [5, 5.41) is 7.43. The molecule has 2 aliphatic rings. The smallest absolute Gasteiger partial charge is 0.255 e. The van der Waals surface area contributed by atoms with E-state index in [-0.39, 0.29) is 6.10 Å². The second-order valence-corrected chi connectivity index (χ2v) is 4.95. The monoisotopic (exact) mass is 237 g/mol. The second kappa shape index (κ2) is 5.14. The lowest BCUT2D eigenvalue weighted by atomic mass is 9.94. The maximum absolute atomic E-state index is 5.54. The molecule has 1 N–H and O–H groups in total. The lowest BCUT2D eigenvalue weighted by Crippen LogP contribution is -2.28. The number of ether oxygens (including phenoxy) is 1. The van der Waals surface area contributed by atoms with Crippen LogP contribution in [0, 0.1) is 5.92 Å². The van der Waals surface area contributed by atoms with Gasteiger partial charge in [0.25, 0.3) is 5.89 Å². The number of nitrogens with one attached hydrogen (secondary N) is 1. The zero-order chi connectivity index (χ0) is 11.5. The summed E-state index contributed by atoms with van der Waals surface area (Å²) in [6.45, 7) is 3.04. The summed E-state index contributed by atoms with van der Waals surface area (Å²) in [7, 11) is 0. The van der Waals surface area contributed by atoms with Gasteiger partial charge in [-0.1, -0.05) is 5.16 Å². The van der Waals surface area contributed by atoms with E-state index >= 15 is 0 Å². The molecule has 0 radical (unpaired) electrons. The largest absolute Gasteiger partial charge is 0.368 e. The van der Waals surface area contributed by atoms with E-state index in [1.807, 2.05) is 0 Å². The van der Waals surface area contributed by atoms with E-state index in [9.17, 15) is 0 Å². The topological polar surface area (TPSA) is 60.2 Å². The summed E-state index contributed by atoms with van der Waals surface area (Å²) in [5.74, 6) is 2.22. The molecule has 0 amide bonds. The van der Waals surface area contributed by atoms with Crippen molar-refractivity contribution in [2.24, 2.45) is 5.92 Å². The predicted molar refractivity (Wildman–Crippen MR) is 61.5 cm³/mol. The molecule has 2 fully saturated rings. The van der Waals surface area contributed by atoms with Crippen molar-refractivity contribution in [2.75, 3.05) is 19.7 Å². The first-order valence-electron chi connectivity index (χ1n) is 6.56. The van der Waals surface area contributed by atoms with Crippen molar-refractivity contribution < 1.29 is 9.26 Å². The van der Waals surface area contributed by atoms with E-state index in [0.29, 0.717) is 11.8 Å². The van der Waals surface area contributed by atoms with Crippen LogP contribution in [0.3, 0.4) is 0 Å². The van der Waals surface area contributed by atoms with E-state index < -0.39 is 0 Å². The SMILES string of the molecule is C1CO[C@H](c2nc(CC3CCNCC3)no2)C1. The molecule has 5 nitrogen and oxygen atoms in total. The fraction of sp³-hybridized carbons (Fsp3) is 0.833. The van der Waals surface area contributed by atoms with Gasteiger partial charge in [0, 0.05) is 13.0 Å². The third kappa shape index (κ3) is 2.66. The number of hydrogen-bond acceptors (Lipinski definition) is 5. The minimum Gasteiger partial charge on any atom is -0.368 e. The molecule has 1 atom stereocenters. The standard InChI is InChI=1S/C12H19N3O2/c1-2-10(16-7-1)12-14-11(15-17-12)8-9-3-5-13-6-4-9/h9-10,13H,1-8H2/t10-/m0/s1. The maximum atomic E-state index is 5.54. The Kier molecular flexibility index (Phi) is 3.38. The highest BCUT2D eigenvalue weighted by atomic mass is 16.5. The van der Waals surface area contributed by atoms with Crippen LogP contribution >= 0.6 is 0 Å². The van der Waals surface area contributed by atoms with Crippen molar-refractivity contribution in [1.82, 2.24) is 15.5 Å². The summed E-state index contributed by atoms with van der Waals surface area (Å²) in [4.78, 5) is 4.46. The van der Waals surface area contributed by atoms with Crippen LogP contribution in [0.2, 0.25) is 0 Å². The lowest BCUT2D eigenvalue weighted by Gasteiger charge is -2.20.